The second-order valence-corrected chi connectivity index (χ2v) is 8.58. The average molecular weight is 440 g/mol. The first kappa shape index (κ1) is 15.6. The van der Waals surface area contributed by atoms with Gasteiger partial charge in [-0.3, -0.25) is 4.79 Å². The molecule has 0 bridgehead atoms. The summed E-state index contributed by atoms with van der Waals surface area (Å²) in [7, 11) is 0. The monoisotopic (exact) mass is 438 g/mol. The molecule has 0 saturated carbocycles. The van der Waals surface area contributed by atoms with E-state index < -0.39 is 5.97 Å². The number of hydrogen-bond donors (Lipinski definition) is 2. The number of hydrogen-bond acceptors (Lipinski definition) is 5. The lowest BCUT2D eigenvalue weighted by Gasteiger charge is -2.01. The first-order valence-electron chi connectivity index (χ1n) is 5.31. The van der Waals surface area contributed by atoms with Gasteiger partial charge in [-0.05, 0) is 44.8 Å². The number of carbonyl (C=O) groups excluding carboxylic acids is 1. The van der Waals surface area contributed by atoms with E-state index in [0.717, 1.165) is 18.9 Å². The number of carboxylic acid groups (broad SMARTS) is 1. The molecule has 2 N–H and O–H groups in total. The zero-order valence-electron chi connectivity index (χ0n) is 10.1. The van der Waals surface area contributed by atoms with Crippen molar-refractivity contribution in [3.05, 3.63) is 34.8 Å². The van der Waals surface area contributed by atoms with Crippen molar-refractivity contribution in [3.63, 3.8) is 0 Å². The molecule has 9 heteroatoms. The average Bonchev–Trinajstić information content (AvgIpc) is 2.89. The number of aromatic carboxylic acids is 1. The molecular weight excluding hydrogens is 432 g/mol. The van der Waals surface area contributed by atoms with E-state index >= 15 is 0 Å². The van der Waals surface area contributed by atoms with Crippen molar-refractivity contribution in [2.45, 2.75) is 13.5 Å². The second kappa shape index (κ2) is 6.33. The van der Waals surface area contributed by atoms with Crippen LogP contribution in [-0.4, -0.2) is 22.0 Å². The van der Waals surface area contributed by atoms with Gasteiger partial charge in [0.25, 0.3) is 5.91 Å². The molecule has 2 aromatic rings. The van der Waals surface area contributed by atoms with Gasteiger partial charge in [-0.2, -0.15) is 0 Å². The molecule has 0 radical (unpaired) electrons. The smallest absolute Gasteiger partial charge is 0.347 e. The number of amides is 1. The van der Waals surface area contributed by atoms with Gasteiger partial charge in [-0.15, -0.1) is 22.7 Å². The lowest BCUT2D eigenvalue weighted by Crippen LogP contribution is -2.22. The molecule has 0 aliphatic heterocycles. The van der Waals surface area contributed by atoms with Crippen molar-refractivity contribution in [2.24, 2.45) is 0 Å². The van der Waals surface area contributed by atoms with Gasteiger partial charge in [0.2, 0.25) is 0 Å². The molecule has 0 aliphatic rings. The highest BCUT2D eigenvalue weighted by Crippen LogP contribution is 2.31. The molecule has 20 heavy (non-hydrogen) atoms. The van der Waals surface area contributed by atoms with Crippen molar-refractivity contribution in [1.29, 1.82) is 0 Å². The van der Waals surface area contributed by atoms with Crippen LogP contribution in [0.4, 0.5) is 0 Å². The highest BCUT2D eigenvalue weighted by molar-refractivity contribution is 9.12. The first-order valence-corrected chi connectivity index (χ1v) is 8.53. The number of rotatable bonds is 4. The van der Waals surface area contributed by atoms with Crippen LogP contribution < -0.4 is 5.32 Å². The van der Waals surface area contributed by atoms with E-state index in [1.54, 1.807) is 13.0 Å². The van der Waals surface area contributed by atoms with E-state index in [2.05, 4.69) is 42.2 Å². The topological polar surface area (TPSA) is 79.3 Å². The quantitative estimate of drug-likeness (QED) is 0.761. The third-order valence-corrected chi connectivity index (χ3v) is 5.82. The van der Waals surface area contributed by atoms with Gasteiger partial charge >= 0.3 is 5.97 Å². The van der Waals surface area contributed by atoms with Crippen LogP contribution in [0.2, 0.25) is 0 Å². The predicted octanol–water partition coefficient (Wildman–Crippen LogP) is 3.67. The number of nitrogens with one attached hydrogen (secondary N) is 1. The van der Waals surface area contributed by atoms with Crippen LogP contribution in [0.1, 0.15) is 30.7 Å². The SMILES string of the molecule is Cc1nc(CNC(=O)c2cc(Br)sc2Br)sc1C(=O)O. The molecule has 2 heterocycles. The highest BCUT2D eigenvalue weighted by Gasteiger charge is 2.16. The van der Waals surface area contributed by atoms with Gasteiger partial charge in [0.15, 0.2) is 0 Å². The zero-order chi connectivity index (χ0) is 14.9. The zero-order valence-corrected chi connectivity index (χ0v) is 14.9. The van der Waals surface area contributed by atoms with E-state index in [1.807, 2.05) is 0 Å². The maximum atomic E-state index is 12.0. The third kappa shape index (κ3) is 3.46. The summed E-state index contributed by atoms with van der Waals surface area (Å²) in [5, 5.41) is 12.2. The fourth-order valence-corrected chi connectivity index (χ4v) is 5.11. The Balaban J connectivity index is 2.05. The van der Waals surface area contributed by atoms with E-state index in [-0.39, 0.29) is 17.3 Å². The standard InChI is InChI=1S/C11H8Br2N2O3S2/c1-4-8(11(17)18)20-7(15-4)3-14-10(16)5-2-6(12)19-9(5)13/h2H,3H2,1H3,(H,14,16)(H,17,18). The molecule has 0 saturated heterocycles. The maximum absolute atomic E-state index is 12.0. The number of carbonyl (C=O) groups is 2. The summed E-state index contributed by atoms with van der Waals surface area (Å²) in [6.45, 7) is 1.84. The summed E-state index contributed by atoms with van der Waals surface area (Å²) in [6, 6.07) is 1.72. The minimum absolute atomic E-state index is 0.203. The second-order valence-electron chi connectivity index (χ2n) is 3.75. The normalized spacial score (nSPS) is 10.6. The Bertz CT molecular complexity index is 681. The Morgan fingerprint density at radius 2 is 2.10 bits per heavy atom. The Morgan fingerprint density at radius 3 is 2.60 bits per heavy atom. The number of thiophene rings is 1. The van der Waals surface area contributed by atoms with Crippen molar-refractivity contribution in [1.82, 2.24) is 10.3 Å². The van der Waals surface area contributed by atoms with Crippen molar-refractivity contribution in [2.75, 3.05) is 0 Å². The van der Waals surface area contributed by atoms with Gasteiger partial charge in [-0.1, -0.05) is 0 Å². The lowest BCUT2D eigenvalue weighted by molar-refractivity contribution is 0.0701. The molecular formula is C11H8Br2N2O3S2. The Kier molecular flexibility index (Phi) is 4.95. The minimum Gasteiger partial charge on any atom is -0.477 e. The maximum Gasteiger partial charge on any atom is 0.347 e. The van der Waals surface area contributed by atoms with Gasteiger partial charge in [0.05, 0.1) is 25.4 Å². The van der Waals surface area contributed by atoms with Crippen molar-refractivity contribution in [3.8, 4) is 0 Å². The van der Waals surface area contributed by atoms with Crippen LogP contribution >= 0.6 is 54.5 Å². The van der Waals surface area contributed by atoms with Gasteiger partial charge in [0.1, 0.15) is 9.88 Å². The van der Waals surface area contributed by atoms with Crippen molar-refractivity contribution < 1.29 is 14.7 Å². The molecule has 106 valence electrons. The first-order chi connectivity index (χ1) is 9.38. The molecule has 0 spiro atoms. The molecule has 5 nitrogen and oxygen atoms in total. The number of aryl methyl sites for hydroxylation is 1. The van der Waals surface area contributed by atoms with Crippen LogP contribution in [0.3, 0.4) is 0 Å². The number of aromatic nitrogens is 1. The summed E-state index contributed by atoms with van der Waals surface area (Å²) >= 11 is 9.11. The summed E-state index contributed by atoms with van der Waals surface area (Å²) < 4.78 is 1.59. The molecule has 1 amide bonds. The molecule has 0 fully saturated rings. The molecule has 2 aromatic heterocycles. The van der Waals surface area contributed by atoms with Crippen LogP contribution in [0, 0.1) is 6.92 Å². The van der Waals surface area contributed by atoms with Gasteiger partial charge in [0, 0.05) is 0 Å². The highest BCUT2D eigenvalue weighted by atomic mass is 79.9. The molecule has 2 rings (SSSR count). The summed E-state index contributed by atoms with van der Waals surface area (Å²) in [5.74, 6) is -1.23. The van der Waals surface area contributed by atoms with Gasteiger partial charge < -0.3 is 10.4 Å². The van der Waals surface area contributed by atoms with Crippen molar-refractivity contribution >= 4 is 66.4 Å². The Hall–Kier alpha value is -0.770. The van der Waals surface area contributed by atoms with E-state index in [1.165, 1.54) is 11.3 Å². The largest absolute Gasteiger partial charge is 0.477 e. The van der Waals surface area contributed by atoms with Crippen LogP contribution in [0.15, 0.2) is 13.6 Å². The van der Waals surface area contributed by atoms with Crippen LogP contribution in [0.5, 0.6) is 0 Å². The number of thiazole rings is 1. The lowest BCUT2D eigenvalue weighted by atomic mass is 10.3. The summed E-state index contributed by atoms with van der Waals surface area (Å²) in [4.78, 5) is 27.2. The van der Waals surface area contributed by atoms with Crippen LogP contribution in [0.25, 0.3) is 0 Å². The predicted molar refractivity (Wildman–Crippen MR) is 84.7 cm³/mol. The molecule has 0 aromatic carbocycles. The molecule has 0 aliphatic carbocycles. The molecule has 0 unspecified atom stereocenters. The van der Waals surface area contributed by atoms with E-state index in [4.69, 9.17) is 5.11 Å². The number of carboxylic acids is 1. The number of halogens is 2. The summed E-state index contributed by atoms with van der Waals surface area (Å²) in [6.07, 6.45) is 0. The number of nitrogens with zero attached hydrogens (tertiary/aromatic N) is 1. The minimum atomic E-state index is -0.998. The van der Waals surface area contributed by atoms with Crippen LogP contribution in [-0.2, 0) is 6.54 Å². The fourth-order valence-electron chi connectivity index (χ4n) is 1.47. The molecule has 0 atom stereocenters. The summed E-state index contributed by atoms with van der Waals surface area (Å²) in [5.41, 5.74) is 1.000. The Morgan fingerprint density at radius 1 is 1.40 bits per heavy atom. The van der Waals surface area contributed by atoms with E-state index in [9.17, 15) is 9.59 Å². The Labute approximate surface area is 139 Å². The van der Waals surface area contributed by atoms with Gasteiger partial charge in [-0.25, -0.2) is 9.78 Å². The van der Waals surface area contributed by atoms with E-state index in [0.29, 0.717) is 16.3 Å². The third-order valence-electron chi connectivity index (χ3n) is 2.34. The fraction of sp³-hybridized carbons (Fsp3) is 0.182.